The van der Waals surface area contributed by atoms with Gasteiger partial charge in [-0.15, -0.1) is 0 Å². The molecule has 0 aliphatic carbocycles. The first-order chi connectivity index (χ1) is 8.88. The van der Waals surface area contributed by atoms with E-state index in [4.69, 9.17) is 4.74 Å². The Morgan fingerprint density at radius 1 is 1.11 bits per heavy atom. The molecule has 0 aromatic heterocycles. The van der Waals surface area contributed by atoms with Crippen molar-refractivity contribution in [3.8, 4) is 5.75 Å². The monoisotopic (exact) mass is 240 g/mol. The number of rotatable bonds is 5. The van der Waals surface area contributed by atoms with E-state index in [9.17, 15) is 0 Å². The second-order valence-corrected chi connectivity index (χ2v) is 3.70. The fourth-order valence-electron chi connectivity index (χ4n) is 1.54. The lowest BCUT2D eigenvalue weighted by Crippen LogP contribution is -1.96. The Bertz CT molecular complexity index is 509. The van der Waals surface area contributed by atoms with Crippen molar-refractivity contribution in [2.24, 2.45) is 4.99 Å². The average molecular weight is 240 g/mol. The first-order valence-electron chi connectivity index (χ1n) is 5.95. The maximum absolute atomic E-state index is 5.43. The maximum Gasteiger partial charge on any atom is 0.121 e. The molecule has 3 heteroatoms. The molecule has 0 unspecified atom stereocenters. The lowest BCUT2D eigenvalue weighted by Gasteiger charge is -2.05. The van der Waals surface area contributed by atoms with Gasteiger partial charge in [0.15, 0.2) is 0 Å². The number of ether oxygens (including phenoxy) is 1. The number of benzene rings is 2. The van der Waals surface area contributed by atoms with Crippen LogP contribution in [0.3, 0.4) is 0 Å². The van der Waals surface area contributed by atoms with E-state index in [0.29, 0.717) is 6.61 Å². The molecule has 0 aliphatic heterocycles. The van der Waals surface area contributed by atoms with Crippen LogP contribution in [0.15, 0.2) is 59.6 Å². The number of aliphatic imine (C=N–C) groups is 1. The van der Waals surface area contributed by atoms with Gasteiger partial charge < -0.3 is 10.1 Å². The first kappa shape index (κ1) is 12.2. The van der Waals surface area contributed by atoms with Crippen LogP contribution in [-0.2, 0) is 0 Å². The second-order valence-electron chi connectivity index (χ2n) is 3.70. The molecule has 2 aromatic rings. The lowest BCUT2D eigenvalue weighted by atomic mass is 10.3. The highest BCUT2D eigenvalue weighted by Gasteiger charge is 1.93. The van der Waals surface area contributed by atoms with Gasteiger partial charge in [-0.2, -0.15) is 0 Å². The molecule has 0 radical (unpaired) electrons. The third kappa shape index (κ3) is 3.63. The van der Waals surface area contributed by atoms with Crippen molar-refractivity contribution in [2.75, 3.05) is 11.9 Å². The maximum atomic E-state index is 5.43. The minimum atomic E-state index is 0.668. The van der Waals surface area contributed by atoms with Crippen molar-refractivity contribution in [1.29, 1.82) is 0 Å². The van der Waals surface area contributed by atoms with Crippen molar-refractivity contribution in [3.63, 3.8) is 0 Å². The SMILES string of the molecule is CCOc1cccc(NC=Nc2ccccc2)c1. The minimum absolute atomic E-state index is 0.668. The van der Waals surface area contributed by atoms with E-state index >= 15 is 0 Å². The Morgan fingerprint density at radius 2 is 1.94 bits per heavy atom. The standard InChI is InChI=1S/C15H16N2O/c1-2-18-15-10-6-9-14(11-15)17-12-16-13-7-4-3-5-8-13/h3-12H,2H2,1H3,(H,16,17). The number of nitrogens with zero attached hydrogens (tertiary/aromatic N) is 1. The Morgan fingerprint density at radius 3 is 2.72 bits per heavy atom. The van der Waals surface area contributed by atoms with Crippen LogP contribution in [0, 0.1) is 0 Å². The minimum Gasteiger partial charge on any atom is -0.494 e. The van der Waals surface area contributed by atoms with Gasteiger partial charge in [0.2, 0.25) is 0 Å². The molecule has 0 heterocycles. The molecule has 18 heavy (non-hydrogen) atoms. The molecule has 0 fully saturated rings. The highest BCUT2D eigenvalue weighted by Crippen LogP contribution is 2.17. The second kappa shape index (κ2) is 6.45. The van der Waals surface area contributed by atoms with Crippen LogP contribution in [0.25, 0.3) is 0 Å². The lowest BCUT2D eigenvalue weighted by molar-refractivity contribution is 0.340. The van der Waals surface area contributed by atoms with Gasteiger partial charge in [-0.05, 0) is 31.2 Å². The highest BCUT2D eigenvalue weighted by atomic mass is 16.5. The molecule has 0 amide bonds. The van der Waals surface area contributed by atoms with Crippen molar-refractivity contribution in [1.82, 2.24) is 0 Å². The van der Waals surface area contributed by atoms with Crippen LogP contribution in [0.5, 0.6) is 5.75 Å². The van der Waals surface area contributed by atoms with Gasteiger partial charge >= 0.3 is 0 Å². The zero-order valence-electron chi connectivity index (χ0n) is 10.3. The van der Waals surface area contributed by atoms with E-state index in [1.54, 1.807) is 6.34 Å². The molecule has 92 valence electrons. The molecule has 1 N–H and O–H groups in total. The molecule has 0 spiro atoms. The molecule has 0 saturated heterocycles. The number of nitrogens with one attached hydrogen (secondary N) is 1. The van der Waals surface area contributed by atoms with Crippen LogP contribution in [-0.4, -0.2) is 12.9 Å². The molecule has 0 atom stereocenters. The summed E-state index contributed by atoms with van der Waals surface area (Å²) in [5.41, 5.74) is 1.88. The van der Waals surface area contributed by atoms with Gasteiger partial charge in [0.05, 0.1) is 18.6 Å². The number of anilines is 1. The van der Waals surface area contributed by atoms with Crippen LogP contribution >= 0.6 is 0 Å². The fourth-order valence-corrected chi connectivity index (χ4v) is 1.54. The van der Waals surface area contributed by atoms with Crippen LogP contribution in [0.4, 0.5) is 11.4 Å². The van der Waals surface area contributed by atoms with Gasteiger partial charge in [0.25, 0.3) is 0 Å². The number of hydrogen-bond acceptors (Lipinski definition) is 2. The van der Waals surface area contributed by atoms with Crippen LogP contribution in [0.1, 0.15) is 6.92 Å². The largest absolute Gasteiger partial charge is 0.494 e. The van der Waals surface area contributed by atoms with Gasteiger partial charge in [-0.3, -0.25) is 0 Å². The smallest absolute Gasteiger partial charge is 0.121 e. The van der Waals surface area contributed by atoms with Crippen LogP contribution in [0.2, 0.25) is 0 Å². The van der Waals surface area contributed by atoms with Gasteiger partial charge in [0.1, 0.15) is 5.75 Å². The van der Waals surface area contributed by atoms with E-state index in [0.717, 1.165) is 17.1 Å². The Hall–Kier alpha value is -2.29. The van der Waals surface area contributed by atoms with E-state index in [2.05, 4.69) is 10.3 Å². The summed E-state index contributed by atoms with van der Waals surface area (Å²) in [6.45, 7) is 2.64. The summed E-state index contributed by atoms with van der Waals surface area (Å²) >= 11 is 0. The Balaban J connectivity index is 1.97. The highest BCUT2D eigenvalue weighted by molar-refractivity contribution is 5.78. The van der Waals surface area contributed by atoms with E-state index in [1.165, 1.54) is 0 Å². The normalized spacial score (nSPS) is 10.5. The van der Waals surface area contributed by atoms with E-state index in [1.807, 2.05) is 61.5 Å². The van der Waals surface area contributed by atoms with Crippen LogP contribution < -0.4 is 10.1 Å². The summed E-state index contributed by atoms with van der Waals surface area (Å²) in [6, 6.07) is 17.6. The van der Waals surface area contributed by atoms with Gasteiger partial charge in [-0.1, -0.05) is 24.3 Å². The summed E-state index contributed by atoms with van der Waals surface area (Å²) in [5, 5.41) is 3.12. The summed E-state index contributed by atoms with van der Waals surface area (Å²) in [7, 11) is 0. The van der Waals surface area contributed by atoms with Crippen molar-refractivity contribution < 1.29 is 4.74 Å². The zero-order chi connectivity index (χ0) is 12.6. The molecule has 3 nitrogen and oxygen atoms in total. The Kier molecular flexibility index (Phi) is 4.36. The van der Waals surface area contributed by atoms with E-state index in [-0.39, 0.29) is 0 Å². The number of hydrogen-bond donors (Lipinski definition) is 1. The summed E-state index contributed by atoms with van der Waals surface area (Å²) < 4.78 is 5.43. The Labute approximate surface area is 107 Å². The first-order valence-corrected chi connectivity index (χ1v) is 5.95. The summed E-state index contributed by atoms with van der Waals surface area (Å²) in [6.07, 6.45) is 1.68. The summed E-state index contributed by atoms with van der Waals surface area (Å²) in [5.74, 6) is 0.857. The molecule has 0 saturated carbocycles. The molecule has 0 aliphatic rings. The topological polar surface area (TPSA) is 33.6 Å². The summed E-state index contributed by atoms with van der Waals surface area (Å²) in [4.78, 5) is 4.30. The van der Waals surface area contributed by atoms with Crippen molar-refractivity contribution in [2.45, 2.75) is 6.92 Å². The molecule has 2 rings (SSSR count). The van der Waals surface area contributed by atoms with Gasteiger partial charge in [0, 0.05) is 11.8 Å². The van der Waals surface area contributed by atoms with Crippen molar-refractivity contribution in [3.05, 3.63) is 54.6 Å². The quantitative estimate of drug-likeness (QED) is 0.636. The molecular formula is C15H16N2O. The number of para-hydroxylation sites is 1. The molecule has 2 aromatic carbocycles. The van der Waals surface area contributed by atoms with Gasteiger partial charge in [-0.25, -0.2) is 4.99 Å². The van der Waals surface area contributed by atoms with E-state index < -0.39 is 0 Å². The predicted octanol–water partition coefficient (Wildman–Crippen LogP) is 3.86. The fraction of sp³-hybridized carbons (Fsp3) is 0.133. The molecular weight excluding hydrogens is 224 g/mol. The molecule has 0 bridgehead atoms. The third-order valence-electron chi connectivity index (χ3n) is 2.35. The average Bonchev–Trinajstić information content (AvgIpc) is 2.41. The third-order valence-corrected chi connectivity index (χ3v) is 2.35. The predicted molar refractivity (Wildman–Crippen MR) is 75.8 cm³/mol. The zero-order valence-corrected chi connectivity index (χ0v) is 10.3. The van der Waals surface area contributed by atoms with Crippen molar-refractivity contribution >= 4 is 17.7 Å².